The van der Waals surface area contributed by atoms with Gasteiger partial charge in [-0.3, -0.25) is 14.4 Å². The highest BCUT2D eigenvalue weighted by Crippen LogP contribution is 2.20. The second-order valence-electron chi connectivity index (χ2n) is 6.53. The zero-order valence-corrected chi connectivity index (χ0v) is 15.2. The molecule has 7 nitrogen and oxygen atoms in total. The summed E-state index contributed by atoms with van der Waals surface area (Å²) in [5.41, 5.74) is 1.48. The second-order valence-corrected chi connectivity index (χ2v) is 6.53. The number of nitrogens with one attached hydrogen (secondary N) is 2. The predicted molar refractivity (Wildman–Crippen MR) is 98.5 cm³/mol. The van der Waals surface area contributed by atoms with Crippen LogP contribution in [0, 0.1) is 5.92 Å². The minimum absolute atomic E-state index is 0.0437. The lowest BCUT2D eigenvalue weighted by Gasteiger charge is -2.15. The number of carbonyl (C=O) groups is 3. The molecule has 0 aliphatic carbocycles. The molecule has 2 N–H and O–H groups in total. The molecule has 2 aromatic rings. The summed E-state index contributed by atoms with van der Waals surface area (Å²) < 4.78 is 5.26. The van der Waals surface area contributed by atoms with Crippen molar-refractivity contribution in [2.45, 2.75) is 26.4 Å². The van der Waals surface area contributed by atoms with Gasteiger partial charge >= 0.3 is 0 Å². The number of rotatable bonds is 7. The minimum atomic E-state index is -0.359. The van der Waals surface area contributed by atoms with E-state index >= 15 is 0 Å². The van der Waals surface area contributed by atoms with Gasteiger partial charge in [0.1, 0.15) is 5.76 Å². The molecule has 0 radical (unpaired) electrons. The molecule has 1 atom stereocenters. The van der Waals surface area contributed by atoms with Gasteiger partial charge in [-0.1, -0.05) is 12.1 Å². The van der Waals surface area contributed by atoms with Crippen LogP contribution >= 0.6 is 0 Å². The van der Waals surface area contributed by atoms with Gasteiger partial charge in [-0.2, -0.15) is 0 Å². The van der Waals surface area contributed by atoms with Gasteiger partial charge in [-0.15, -0.1) is 0 Å². The fourth-order valence-electron chi connectivity index (χ4n) is 3.06. The summed E-state index contributed by atoms with van der Waals surface area (Å²) in [5, 5.41) is 5.61. The van der Waals surface area contributed by atoms with Gasteiger partial charge < -0.3 is 20.0 Å². The molecule has 1 unspecified atom stereocenters. The van der Waals surface area contributed by atoms with Crippen LogP contribution in [0.2, 0.25) is 0 Å². The van der Waals surface area contributed by atoms with Gasteiger partial charge in [-0.05, 0) is 36.8 Å². The van der Waals surface area contributed by atoms with E-state index in [-0.39, 0.29) is 30.1 Å². The number of hydrogen-bond acceptors (Lipinski definition) is 4. The average Bonchev–Trinajstić information content (AvgIpc) is 3.31. The van der Waals surface area contributed by atoms with Crippen molar-refractivity contribution in [1.29, 1.82) is 0 Å². The molecule has 0 saturated carbocycles. The molecule has 2 heterocycles. The fourth-order valence-corrected chi connectivity index (χ4v) is 3.06. The average molecular weight is 369 g/mol. The minimum Gasteiger partial charge on any atom is -0.467 e. The Bertz CT molecular complexity index is 799. The molecule has 7 heteroatoms. The van der Waals surface area contributed by atoms with E-state index in [4.69, 9.17) is 4.42 Å². The normalized spacial score (nSPS) is 16.4. The molecule has 1 saturated heterocycles. The summed E-state index contributed by atoms with van der Waals surface area (Å²) in [4.78, 5) is 37.9. The Labute approximate surface area is 157 Å². The first-order valence-electron chi connectivity index (χ1n) is 9.02. The molecule has 0 spiro atoms. The summed E-state index contributed by atoms with van der Waals surface area (Å²) in [5.74, 6) is 0.0452. The quantitative estimate of drug-likeness (QED) is 0.777. The molecule has 1 aromatic heterocycles. The van der Waals surface area contributed by atoms with E-state index in [0.29, 0.717) is 37.5 Å². The maximum absolute atomic E-state index is 12.4. The van der Waals surface area contributed by atoms with Crippen LogP contribution in [-0.4, -0.2) is 35.7 Å². The van der Waals surface area contributed by atoms with Crippen LogP contribution in [0.15, 0.2) is 47.1 Å². The van der Waals surface area contributed by atoms with Gasteiger partial charge in [0.25, 0.3) is 5.91 Å². The Morgan fingerprint density at radius 3 is 2.63 bits per heavy atom. The molecular weight excluding hydrogens is 346 g/mol. The van der Waals surface area contributed by atoms with Gasteiger partial charge in [0.05, 0.1) is 18.7 Å². The zero-order valence-electron chi connectivity index (χ0n) is 15.2. The molecule has 3 amide bonds. The molecule has 1 aliphatic rings. The third-order valence-electron chi connectivity index (χ3n) is 4.53. The van der Waals surface area contributed by atoms with E-state index in [1.54, 1.807) is 29.4 Å². The number of furan rings is 1. The van der Waals surface area contributed by atoms with Gasteiger partial charge in [0.15, 0.2) is 0 Å². The first-order chi connectivity index (χ1) is 13.1. The van der Waals surface area contributed by atoms with E-state index in [2.05, 4.69) is 10.6 Å². The van der Waals surface area contributed by atoms with Crippen LogP contribution in [0.3, 0.4) is 0 Å². The second kappa shape index (κ2) is 8.53. The summed E-state index contributed by atoms with van der Waals surface area (Å²) in [7, 11) is 0. The lowest BCUT2D eigenvalue weighted by atomic mass is 10.1. The van der Waals surface area contributed by atoms with Crippen molar-refractivity contribution in [3.05, 3.63) is 59.5 Å². The molecule has 1 fully saturated rings. The highest BCUT2D eigenvalue weighted by Gasteiger charge is 2.34. The molecule has 1 aliphatic heterocycles. The smallest absolute Gasteiger partial charge is 0.251 e. The third kappa shape index (κ3) is 4.75. The van der Waals surface area contributed by atoms with Crippen molar-refractivity contribution in [3.8, 4) is 0 Å². The van der Waals surface area contributed by atoms with Crippen LogP contribution < -0.4 is 10.6 Å². The highest BCUT2D eigenvalue weighted by atomic mass is 16.3. The van der Waals surface area contributed by atoms with Crippen LogP contribution in [0.1, 0.15) is 35.0 Å². The maximum atomic E-state index is 12.4. The molecule has 3 rings (SSSR count). The van der Waals surface area contributed by atoms with Crippen molar-refractivity contribution in [2.75, 3.05) is 13.1 Å². The van der Waals surface area contributed by atoms with Gasteiger partial charge in [-0.25, -0.2) is 0 Å². The lowest BCUT2D eigenvalue weighted by molar-refractivity contribution is -0.129. The van der Waals surface area contributed by atoms with Gasteiger partial charge in [0, 0.05) is 31.6 Å². The Hall–Kier alpha value is -3.09. The predicted octanol–water partition coefficient (Wildman–Crippen LogP) is 1.69. The fraction of sp³-hybridized carbons (Fsp3) is 0.350. The summed E-state index contributed by atoms with van der Waals surface area (Å²) >= 11 is 0. The number of hydrogen-bond donors (Lipinski definition) is 2. The Morgan fingerprint density at radius 2 is 1.96 bits per heavy atom. The Morgan fingerprint density at radius 1 is 1.19 bits per heavy atom. The third-order valence-corrected chi connectivity index (χ3v) is 4.53. The van der Waals surface area contributed by atoms with Crippen LogP contribution in [-0.2, 0) is 22.7 Å². The van der Waals surface area contributed by atoms with E-state index in [1.807, 2.05) is 25.1 Å². The van der Waals surface area contributed by atoms with Crippen molar-refractivity contribution < 1.29 is 18.8 Å². The molecule has 142 valence electrons. The number of amides is 3. The maximum Gasteiger partial charge on any atom is 0.251 e. The number of nitrogens with zero attached hydrogens (tertiary/aromatic N) is 1. The largest absolute Gasteiger partial charge is 0.467 e. The summed E-state index contributed by atoms with van der Waals surface area (Å²) in [6.45, 7) is 3.58. The van der Waals surface area contributed by atoms with Crippen LogP contribution in [0.5, 0.6) is 0 Å². The van der Waals surface area contributed by atoms with Gasteiger partial charge in [0.2, 0.25) is 11.8 Å². The Balaban J connectivity index is 1.49. The molecule has 27 heavy (non-hydrogen) atoms. The number of carbonyl (C=O) groups excluding carboxylic acids is 3. The van der Waals surface area contributed by atoms with Crippen LogP contribution in [0.25, 0.3) is 0 Å². The SMILES string of the molecule is CCNC(=O)c1ccc(CNC(=O)C2CC(=O)N(Cc3ccco3)C2)cc1. The van der Waals surface area contributed by atoms with Crippen molar-refractivity contribution >= 4 is 17.7 Å². The standard InChI is InChI=1S/C20H23N3O4/c1-2-21-19(25)15-7-5-14(6-8-15)11-22-20(26)16-10-18(24)23(12-16)13-17-4-3-9-27-17/h3-9,16H,2,10-13H2,1H3,(H,21,25)(H,22,26). The topological polar surface area (TPSA) is 91.7 Å². The molecule has 0 bridgehead atoms. The lowest BCUT2D eigenvalue weighted by Crippen LogP contribution is -2.32. The molecular formula is C20H23N3O4. The van der Waals surface area contributed by atoms with Crippen molar-refractivity contribution in [2.24, 2.45) is 5.92 Å². The summed E-state index contributed by atoms with van der Waals surface area (Å²) in [6, 6.07) is 10.7. The monoisotopic (exact) mass is 369 g/mol. The van der Waals surface area contributed by atoms with E-state index in [0.717, 1.165) is 5.56 Å². The number of benzene rings is 1. The van der Waals surface area contributed by atoms with E-state index < -0.39 is 0 Å². The first kappa shape index (κ1) is 18.7. The Kier molecular flexibility index (Phi) is 5.90. The van der Waals surface area contributed by atoms with Crippen molar-refractivity contribution in [1.82, 2.24) is 15.5 Å². The van der Waals surface area contributed by atoms with Crippen molar-refractivity contribution in [3.63, 3.8) is 0 Å². The van der Waals surface area contributed by atoms with E-state index in [9.17, 15) is 14.4 Å². The van der Waals surface area contributed by atoms with E-state index in [1.165, 1.54) is 0 Å². The highest BCUT2D eigenvalue weighted by molar-refractivity contribution is 5.94. The first-order valence-corrected chi connectivity index (χ1v) is 9.02. The summed E-state index contributed by atoms with van der Waals surface area (Å²) in [6.07, 6.45) is 1.78. The molecule has 1 aromatic carbocycles. The van der Waals surface area contributed by atoms with Crippen LogP contribution in [0.4, 0.5) is 0 Å². The number of likely N-dealkylation sites (tertiary alicyclic amines) is 1. The zero-order chi connectivity index (χ0) is 19.2.